The average molecular weight is 198 g/mol. The molecule has 0 aromatic carbocycles. The Kier molecular flexibility index (Phi) is 1.64. The van der Waals surface area contributed by atoms with Crippen molar-refractivity contribution in [3.8, 4) is 11.4 Å². The largest absolute Gasteiger partial charge is 0.342 e. The normalized spacial score (nSPS) is 10.7. The molecule has 72 valence electrons. The van der Waals surface area contributed by atoms with E-state index in [9.17, 15) is 0 Å². The van der Waals surface area contributed by atoms with Gasteiger partial charge in [0.2, 0.25) is 0 Å². The monoisotopic (exact) mass is 198 g/mol. The van der Waals surface area contributed by atoms with Crippen LogP contribution in [-0.4, -0.2) is 29.9 Å². The van der Waals surface area contributed by atoms with Gasteiger partial charge in [-0.2, -0.15) is 0 Å². The first-order valence-corrected chi connectivity index (χ1v) is 4.35. The molecule has 0 amide bonds. The number of aromatic nitrogens is 6. The van der Waals surface area contributed by atoms with Crippen LogP contribution in [0, 0.1) is 0 Å². The van der Waals surface area contributed by atoms with Crippen molar-refractivity contribution in [1.82, 2.24) is 29.9 Å². The Labute approximate surface area is 84.5 Å². The summed E-state index contributed by atoms with van der Waals surface area (Å²) in [7, 11) is 0. The van der Waals surface area contributed by atoms with Crippen molar-refractivity contribution in [3.63, 3.8) is 0 Å². The summed E-state index contributed by atoms with van der Waals surface area (Å²) in [4.78, 5) is 23.3. The molecular weight excluding hydrogens is 192 g/mol. The zero-order valence-corrected chi connectivity index (χ0v) is 7.62. The van der Waals surface area contributed by atoms with Crippen molar-refractivity contribution in [2.75, 3.05) is 0 Å². The molecule has 0 saturated carbocycles. The highest BCUT2D eigenvalue weighted by molar-refractivity contribution is 5.71. The molecule has 6 heteroatoms. The molecule has 6 nitrogen and oxygen atoms in total. The third kappa shape index (κ3) is 1.32. The quantitative estimate of drug-likeness (QED) is 0.625. The third-order valence-corrected chi connectivity index (χ3v) is 1.99. The molecule has 1 N–H and O–H groups in total. The summed E-state index contributed by atoms with van der Waals surface area (Å²) in [6.45, 7) is 0. The van der Waals surface area contributed by atoms with Gasteiger partial charge in [-0.1, -0.05) is 0 Å². The highest BCUT2D eigenvalue weighted by Gasteiger charge is 2.04. The maximum Gasteiger partial charge on any atom is 0.181 e. The Morgan fingerprint density at radius 2 is 1.87 bits per heavy atom. The van der Waals surface area contributed by atoms with Crippen LogP contribution in [0.5, 0.6) is 0 Å². The fraction of sp³-hybridized carbons (Fsp3) is 0. The molecule has 0 fully saturated rings. The number of nitrogens with zero attached hydrogens (tertiary/aromatic N) is 5. The minimum Gasteiger partial charge on any atom is -0.342 e. The number of aromatic amines is 1. The summed E-state index contributed by atoms with van der Waals surface area (Å²) in [6.07, 6.45) is 8.08. The second-order valence-corrected chi connectivity index (χ2v) is 2.96. The maximum absolute atomic E-state index is 4.27. The predicted molar refractivity (Wildman–Crippen MR) is 52.7 cm³/mol. The van der Waals surface area contributed by atoms with E-state index in [4.69, 9.17) is 0 Å². The summed E-state index contributed by atoms with van der Waals surface area (Å²) < 4.78 is 0. The van der Waals surface area contributed by atoms with Gasteiger partial charge in [0.1, 0.15) is 11.8 Å². The van der Waals surface area contributed by atoms with E-state index in [0.29, 0.717) is 11.5 Å². The molecule has 0 unspecified atom stereocenters. The number of rotatable bonds is 1. The zero-order chi connectivity index (χ0) is 10.1. The molecule has 3 aromatic heterocycles. The Morgan fingerprint density at radius 1 is 1.00 bits per heavy atom. The van der Waals surface area contributed by atoms with E-state index in [2.05, 4.69) is 29.9 Å². The smallest absolute Gasteiger partial charge is 0.181 e. The number of fused-ring (bicyclic) bond motifs is 1. The predicted octanol–water partition coefficient (Wildman–Crippen LogP) is 0.810. The van der Waals surface area contributed by atoms with Gasteiger partial charge in [-0.25, -0.2) is 24.9 Å². The van der Waals surface area contributed by atoms with Crippen LogP contribution in [0.3, 0.4) is 0 Å². The van der Waals surface area contributed by atoms with E-state index in [0.717, 1.165) is 11.1 Å². The summed E-state index contributed by atoms with van der Waals surface area (Å²) in [6, 6.07) is 0. The molecule has 0 aliphatic heterocycles. The van der Waals surface area contributed by atoms with E-state index >= 15 is 0 Å². The van der Waals surface area contributed by atoms with E-state index < -0.39 is 0 Å². The third-order valence-electron chi connectivity index (χ3n) is 1.99. The van der Waals surface area contributed by atoms with E-state index in [1.54, 1.807) is 24.9 Å². The molecule has 0 radical (unpaired) electrons. The fourth-order valence-corrected chi connectivity index (χ4v) is 1.29. The molecular formula is C9H6N6. The van der Waals surface area contributed by atoms with Gasteiger partial charge in [0.05, 0.1) is 18.1 Å². The zero-order valence-electron chi connectivity index (χ0n) is 7.62. The van der Waals surface area contributed by atoms with Crippen LogP contribution in [-0.2, 0) is 0 Å². The first kappa shape index (κ1) is 7.98. The lowest BCUT2D eigenvalue weighted by Gasteiger charge is -1.96. The molecule has 3 heterocycles. The summed E-state index contributed by atoms with van der Waals surface area (Å²) in [5.74, 6) is 0.579. The van der Waals surface area contributed by atoms with Crippen LogP contribution in [0.1, 0.15) is 0 Å². The molecule has 0 aliphatic rings. The van der Waals surface area contributed by atoms with Crippen molar-refractivity contribution in [1.29, 1.82) is 0 Å². The van der Waals surface area contributed by atoms with Gasteiger partial charge in [-0.15, -0.1) is 0 Å². The van der Waals surface area contributed by atoms with Gasteiger partial charge in [-0.05, 0) is 0 Å². The molecule has 3 rings (SSSR count). The van der Waals surface area contributed by atoms with Crippen LogP contribution < -0.4 is 0 Å². The molecule has 3 aromatic rings. The van der Waals surface area contributed by atoms with Gasteiger partial charge in [0.25, 0.3) is 0 Å². The van der Waals surface area contributed by atoms with Crippen molar-refractivity contribution in [2.24, 2.45) is 0 Å². The molecule has 0 saturated heterocycles. The molecule has 0 aliphatic carbocycles. The standard InChI is InChI=1S/C9H6N6/c1-6(2-11-4-10-1)8-12-3-7-9(15-8)14-5-13-7/h1-5H,(H,12,13,14,15). The van der Waals surface area contributed by atoms with Gasteiger partial charge in [0, 0.05) is 12.4 Å². The highest BCUT2D eigenvalue weighted by Crippen LogP contribution is 2.13. The van der Waals surface area contributed by atoms with Crippen LogP contribution in [0.4, 0.5) is 0 Å². The summed E-state index contributed by atoms with van der Waals surface area (Å²) >= 11 is 0. The second-order valence-electron chi connectivity index (χ2n) is 2.96. The van der Waals surface area contributed by atoms with E-state index in [-0.39, 0.29) is 0 Å². The Bertz CT molecular complexity index is 588. The topological polar surface area (TPSA) is 80.2 Å². The minimum atomic E-state index is 0.579. The number of hydrogen-bond donors (Lipinski definition) is 1. The van der Waals surface area contributed by atoms with Crippen molar-refractivity contribution >= 4 is 11.2 Å². The highest BCUT2D eigenvalue weighted by atomic mass is 15.0. The van der Waals surface area contributed by atoms with Crippen LogP contribution >= 0.6 is 0 Å². The Balaban J connectivity index is 2.19. The molecule has 0 atom stereocenters. The Morgan fingerprint density at radius 3 is 2.73 bits per heavy atom. The van der Waals surface area contributed by atoms with Gasteiger partial charge >= 0.3 is 0 Å². The van der Waals surface area contributed by atoms with Crippen molar-refractivity contribution in [3.05, 3.63) is 31.2 Å². The lowest BCUT2D eigenvalue weighted by atomic mass is 10.3. The SMILES string of the molecule is c1ncc(-c2ncc3[nH]cnc3n2)cn1. The molecule has 15 heavy (non-hydrogen) atoms. The number of H-pyrrole nitrogens is 1. The summed E-state index contributed by atoms with van der Waals surface area (Å²) in [5, 5.41) is 0. The van der Waals surface area contributed by atoms with Crippen LogP contribution in [0.2, 0.25) is 0 Å². The minimum absolute atomic E-state index is 0.579. The average Bonchev–Trinajstić information content (AvgIpc) is 2.77. The molecule has 0 bridgehead atoms. The maximum atomic E-state index is 4.27. The van der Waals surface area contributed by atoms with Crippen LogP contribution in [0.25, 0.3) is 22.6 Å². The van der Waals surface area contributed by atoms with E-state index in [1.807, 2.05) is 0 Å². The number of hydrogen-bond acceptors (Lipinski definition) is 5. The number of nitrogens with one attached hydrogen (secondary N) is 1. The van der Waals surface area contributed by atoms with Crippen molar-refractivity contribution in [2.45, 2.75) is 0 Å². The second kappa shape index (κ2) is 3.09. The molecule has 0 spiro atoms. The lowest BCUT2D eigenvalue weighted by Crippen LogP contribution is -1.90. The van der Waals surface area contributed by atoms with Crippen LogP contribution in [0.15, 0.2) is 31.2 Å². The first-order valence-electron chi connectivity index (χ1n) is 4.35. The summed E-state index contributed by atoms with van der Waals surface area (Å²) in [5.41, 5.74) is 2.24. The number of imidazole rings is 1. The Hall–Kier alpha value is -2.37. The van der Waals surface area contributed by atoms with Gasteiger partial charge < -0.3 is 4.98 Å². The van der Waals surface area contributed by atoms with Gasteiger partial charge in [-0.3, -0.25) is 0 Å². The lowest BCUT2D eigenvalue weighted by molar-refractivity contribution is 1.13. The van der Waals surface area contributed by atoms with Crippen molar-refractivity contribution < 1.29 is 0 Å². The van der Waals surface area contributed by atoms with E-state index in [1.165, 1.54) is 6.33 Å². The first-order chi connectivity index (χ1) is 7.43. The fourth-order valence-electron chi connectivity index (χ4n) is 1.29. The van der Waals surface area contributed by atoms with Gasteiger partial charge in [0.15, 0.2) is 11.5 Å².